The van der Waals surface area contributed by atoms with E-state index < -0.39 is 4.92 Å². The Morgan fingerprint density at radius 3 is 2.76 bits per heavy atom. The smallest absolute Gasteiger partial charge is 0.311 e. The molecule has 0 fully saturated rings. The van der Waals surface area contributed by atoms with Crippen molar-refractivity contribution in [3.63, 3.8) is 0 Å². The highest BCUT2D eigenvalue weighted by Crippen LogP contribution is 2.22. The van der Waals surface area contributed by atoms with Crippen molar-refractivity contribution in [3.05, 3.63) is 34.0 Å². The molecule has 2 aromatic rings. The Bertz CT molecular complexity index is 564. The number of pyridine rings is 1. The van der Waals surface area contributed by atoms with E-state index in [2.05, 4.69) is 20.5 Å². The molecular weight excluding hydrogens is 224 g/mol. The topological polar surface area (TPSA) is 123 Å². The maximum absolute atomic E-state index is 10.5. The zero-order valence-electron chi connectivity index (χ0n) is 8.97. The monoisotopic (exact) mass is 234 g/mol. The maximum Gasteiger partial charge on any atom is 0.311 e. The van der Waals surface area contributed by atoms with E-state index in [4.69, 9.17) is 5.73 Å². The molecule has 4 N–H and O–H groups in total. The maximum atomic E-state index is 10.5. The Hall–Kier alpha value is -2.64. The molecule has 17 heavy (non-hydrogen) atoms. The fourth-order valence-corrected chi connectivity index (χ4v) is 1.30. The summed E-state index contributed by atoms with van der Waals surface area (Å²) >= 11 is 0. The van der Waals surface area contributed by atoms with Gasteiger partial charge in [-0.3, -0.25) is 15.2 Å². The molecule has 0 radical (unpaired) electrons. The Labute approximate surface area is 96.0 Å². The molecule has 8 heteroatoms. The average molecular weight is 234 g/mol. The Morgan fingerprint density at radius 1 is 1.47 bits per heavy atom. The predicted octanol–water partition coefficient (Wildman–Crippen LogP) is 1.35. The number of nitro groups is 1. The van der Waals surface area contributed by atoms with Gasteiger partial charge in [0, 0.05) is 17.8 Å². The van der Waals surface area contributed by atoms with Crippen LogP contribution >= 0.6 is 0 Å². The van der Waals surface area contributed by atoms with Gasteiger partial charge in [0.15, 0.2) is 5.82 Å². The van der Waals surface area contributed by atoms with Crippen LogP contribution in [0.1, 0.15) is 5.69 Å². The van der Waals surface area contributed by atoms with Gasteiger partial charge in [0.05, 0.1) is 4.92 Å². The molecule has 0 atom stereocenters. The first kappa shape index (κ1) is 10.9. The molecule has 0 amide bonds. The zero-order valence-corrected chi connectivity index (χ0v) is 8.97. The number of hydrogen-bond donors (Lipinski definition) is 3. The number of nitrogen functional groups attached to an aromatic ring is 1. The van der Waals surface area contributed by atoms with Gasteiger partial charge in [-0.1, -0.05) is 0 Å². The molecular formula is C9H10N6O2. The van der Waals surface area contributed by atoms with Crippen LogP contribution in [0, 0.1) is 17.0 Å². The summed E-state index contributed by atoms with van der Waals surface area (Å²) in [5, 5.41) is 20.1. The van der Waals surface area contributed by atoms with Crippen molar-refractivity contribution < 1.29 is 4.92 Å². The highest BCUT2D eigenvalue weighted by molar-refractivity contribution is 5.60. The quantitative estimate of drug-likeness (QED) is 0.544. The number of nitrogens with zero attached hydrogens (tertiary/aromatic N) is 3. The molecule has 2 aromatic heterocycles. The first-order chi connectivity index (χ1) is 8.06. The van der Waals surface area contributed by atoms with Crippen LogP contribution in [0.5, 0.6) is 0 Å². The largest absolute Gasteiger partial charge is 0.378 e. The number of anilines is 3. The van der Waals surface area contributed by atoms with Crippen LogP contribution < -0.4 is 11.1 Å². The number of H-pyrrole nitrogens is 1. The minimum absolute atomic E-state index is 0.132. The van der Waals surface area contributed by atoms with E-state index >= 15 is 0 Å². The van der Waals surface area contributed by atoms with Crippen molar-refractivity contribution in [3.8, 4) is 0 Å². The number of nitrogens with two attached hydrogens (primary N) is 1. The highest BCUT2D eigenvalue weighted by Gasteiger charge is 2.13. The highest BCUT2D eigenvalue weighted by atomic mass is 16.6. The summed E-state index contributed by atoms with van der Waals surface area (Å²) in [5.74, 6) is 0.843. The first-order valence-electron chi connectivity index (χ1n) is 4.76. The predicted molar refractivity (Wildman–Crippen MR) is 61.9 cm³/mol. The van der Waals surface area contributed by atoms with E-state index in [1.807, 2.05) is 6.92 Å². The van der Waals surface area contributed by atoms with Crippen molar-refractivity contribution >= 4 is 23.1 Å². The molecule has 0 aliphatic rings. The van der Waals surface area contributed by atoms with Gasteiger partial charge in [0.25, 0.3) is 0 Å². The molecule has 0 aliphatic heterocycles. The summed E-state index contributed by atoms with van der Waals surface area (Å²) in [7, 11) is 0. The van der Waals surface area contributed by atoms with Crippen molar-refractivity contribution in [2.75, 3.05) is 11.1 Å². The normalized spacial score (nSPS) is 10.2. The first-order valence-corrected chi connectivity index (χ1v) is 4.76. The van der Waals surface area contributed by atoms with Crippen molar-refractivity contribution in [1.29, 1.82) is 0 Å². The van der Waals surface area contributed by atoms with Crippen LogP contribution in [0.4, 0.5) is 23.1 Å². The van der Waals surface area contributed by atoms with Gasteiger partial charge < -0.3 is 11.1 Å². The molecule has 0 unspecified atom stereocenters. The Morgan fingerprint density at radius 2 is 2.24 bits per heavy atom. The van der Waals surface area contributed by atoms with Crippen LogP contribution in [0.25, 0.3) is 0 Å². The van der Waals surface area contributed by atoms with Gasteiger partial charge in [0.1, 0.15) is 5.82 Å². The number of nitrogens with one attached hydrogen (secondary N) is 2. The number of hydrogen-bond acceptors (Lipinski definition) is 6. The summed E-state index contributed by atoms with van der Waals surface area (Å²) in [6.45, 7) is 1.86. The summed E-state index contributed by atoms with van der Waals surface area (Å²) in [4.78, 5) is 13.8. The van der Waals surface area contributed by atoms with Crippen LogP contribution in [0.15, 0.2) is 18.2 Å². The van der Waals surface area contributed by atoms with Crippen molar-refractivity contribution in [1.82, 2.24) is 15.2 Å². The molecule has 0 aliphatic carbocycles. The second-order valence-corrected chi connectivity index (χ2v) is 3.42. The van der Waals surface area contributed by atoms with E-state index in [0.29, 0.717) is 11.6 Å². The lowest BCUT2D eigenvalue weighted by atomic mass is 10.3. The van der Waals surface area contributed by atoms with E-state index in [0.717, 1.165) is 5.69 Å². The summed E-state index contributed by atoms with van der Waals surface area (Å²) in [5.41, 5.74) is 6.14. The number of aromatic nitrogens is 3. The van der Waals surface area contributed by atoms with Gasteiger partial charge in [-0.15, -0.1) is 0 Å². The van der Waals surface area contributed by atoms with Crippen molar-refractivity contribution in [2.45, 2.75) is 6.92 Å². The lowest BCUT2D eigenvalue weighted by molar-refractivity contribution is -0.384. The van der Waals surface area contributed by atoms with E-state index in [1.54, 1.807) is 6.07 Å². The van der Waals surface area contributed by atoms with E-state index in [-0.39, 0.29) is 11.5 Å². The van der Waals surface area contributed by atoms with Crippen LogP contribution in [0.3, 0.4) is 0 Å². The number of aryl methyl sites for hydroxylation is 1. The minimum Gasteiger partial charge on any atom is -0.378 e. The third kappa shape index (κ3) is 2.30. The Kier molecular flexibility index (Phi) is 2.61. The standard InChI is InChI=1S/C9H10N6O2/c1-5-4-8(14-13-5)11-7-3-2-6(15(16)17)9(10)12-7/h2-4H,1H3,(H4,10,11,12,13,14). The van der Waals surface area contributed by atoms with Crippen LogP contribution in [-0.2, 0) is 0 Å². The fourth-order valence-electron chi connectivity index (χ4n) is 1.30. The van der Waals surface area contributed by atoms with Gasteiger partial charge >= 0.3 is 5.69 Å². The summed E-state index contributed by atoms with van der Waals surface area (Å²) < 4.78 is 0. The molecule has 0 aromatic carbocycles. The van der Waals surface area contributed by atoms with Gasteiger partial charge in [-0.25, -0.2) is 4.98 Å². The SMILES string of the molecule is Cc1cc(Nc2ccc([N+](=O)[O-])c(N)n2)n[nH]1. The zero-order chi connectivity index (χ0) is 12.4. The molecule has 0 saturated heterocycles. The average Bonchev–Trinajstić information content (AvgIpc) is 2.63. The molecule has 2 rings (SSSR count). The van der Waals surface area contributed by atoms with Crippen molar-refractivity contribution in [2.24, 2.45) is 0 Å². The molecule has 0 bridgehead atoms. The van der Waals surface area contributed by atoms with Gasteiger partial charge in [-0.05, 0) is 13.0 Å². The molecule has 2 heterocycles. The van der Waals surface area contributed by atoms with Gasteiger partial charge in [-0.2, -0.15) is 5.10 Å². The fraction of sp³-hybridized carbons (Fsp3) is 0.111. The van der Waals surface area contributed by atoms with E-state index in [9.17, 15) is 10.1 Å². The minimum atomic E-state index is -0.579. The van der Waals surface area contributed by atoms with Gasteiger partial charge in [0.2, 0.25) is 5.82 Å². The number of aromatic amines is 1. The third-order valence-corrected chi connectivity index (χ3v) is 2.06. The molecule has 88 valence electrons. The second-order valence-electron chi connectivity index (χ2n) is 3.42. The van der Waals surface area contributed by atoms with E-state index in [1.165, 1.54) is 12.1 Å². The third-order valence-electron chi connectivity index (χ3n) is 2.06. The molecule has 0 saturated carbocycles. The van der Waals surface area contributed by atoms with Crippen LogP contribution in [-0.4, -0.2) is 20.1 Å². The molecule has 8 nitrogen and oxygen atoms in total. The lowest BCUT2D eigenvalue weighted by Crippen LogP contribution is -2.01. The molecule has 0 spiro atoms. The number of rotatable bonds is 3. The van der Waals surface area contributed by atoms with Crippen LogP contribution in [0.2, 0.25) is 0 Å². The summed E-state index contributed by atoms with van der Waals surface area (Å²) in [6.07, 6.45) is 0. The second kappa shape index (κ2) is 4.08. The lowest BCUT2D eigenvalue weighted by Gasteiger charge is -2.02. The Balaban J connectivity index is 2.23. The summed E-state index contributed by atoms with van der Waals surface area (Å²) in [6, 6.07) is 4.54.